The van der Waals surface area contributed by atoms with Crippen molar-refractivity contribution in [1.29, 1.82) is 0 Å². The van der Waals surface area contributed by atoms with E-state index in [-0.39, 0.29) is 24.2 Å². The smallest absolute Gasteiger partial charge is 0.143 e. The van der Waals surface area contributed by atoms with Crippen molar-refractivity contribution in [2.24, 2.45) is 0 Å². The van der Waals surface area contributed by atoms with Crippen LogP contribution in [0.1, 0.15) is 5.48 Å². The fourth-order valence-corrected chi connectivity index (χ4v) is 8.27. The van der Waals surface area contributed by atoms with Crippen molar-refractivity contribution in [1.82, 2.24) is 0 Å². The first-order valence-electron chi connectivity index (χ1n) is 18.6. The molecule has 0 aliphatic rings. The van der Waals surface area contributed by atoms with Crippen LogP contribution in [0.2, 0.25) is 0 Å². The highest BCUT2D eigenvalue weighted by Gasteiger charge is 2.23. The fourth-order valence-electron chi connectivity index (χ4n) is 8.27. The number of para-hydroxylation sites is 1. The minimum absolute atomic E-state index is 0.0529. The summed E-state index contributed by atoms with van der Waals surface area (Å²) < 4.78 is 43.8. The van der Waals surface area contributed by atoms with Crippen molar-refractivity contribution in [3.63, 3.8) is 0 Å². The van der Waals surface area contributed by atoms with Crippen LogP contribution >= 0.6 is 0 Å². The average Bonchev–Trinajstić information content (AvgIpc) is 3.60. The molecule has 11 rings (SSSR count). The molecule has 0 amide bonds. The highest BCUT2D eigenvalue weighted by atomic mass is 16.3. The minimum atomic E-state index is -0.255. The highest BCUT2D eigenvalue weighted by Crippen LogP contribution is 2.50. The number of hydrogen-bond donors (Lipinski definition) is 0. The van der Waals surface area contributed by atoms with Crippen molar-refractivity contribution in [3.8, 4) is 33.4 Å². The summed E-state index contributed by atoms with van der Waals surface area (Å²) in [6.45, 7) is 0. The molecular formula is C48H28O. The fraction of sp³-hybridized carbons (Fsp3) is 0. The third-order valence-corrected chi connectivity index (χ3v) is 10.3. The van der Waals surface area contributed by atoms with Gasteiger partial charge in [0.2, 0.25) is 0 Å². The van der Waals surface area contributed by atoms with Gasteiger partial charge in [-0.2, -0.15) is 0 Å². The van der Waals surface area contributed by atoms with Crippen LogP contribution in [0.15, 0.2) is 174 Å². The molecule has 0 spiro atoms. The Hall–Kier alpha value is -6.44. The predicted octanol–water partition coefficient (Wildman–Crippen LogP) is 13.8. The van der Waals surface area contributed by atoms with E-state index in [0.29, 0.717) is 10.8 Å². The van der Waals surface area contributed by atoms with Crippen LogP contribution < -0.4 is 0 Å². The van der Waals surface area contributed by atoms with E-state index in [2.05, 4.69) is 97.1 Å². The summed E-state index contributed by atoms with van der Waals surface area (Å²) in [5.74, 6) is 0. The molecule has 0 unspecified atom stereocenters. The molecule has 1 heteroatoms. The van der Waals surface area contributed by atoms with Gasteiger partial charge in [0, 0.05) is 16.3 Å². The van der Waals surface area contributed by atoms with Crippen molar-refractivity contribution in [3.05, 3.63) is 170 Å². The second-order valence-electron chi connectivity index (χ2n) is 12.8. The summed E-state index contributed by atoms with van der Waals surface area (Å²) in [7, 11) is 0. The van der Waals surface area contributed by atoms with E-state index in [1.165, 1.54) is 16.2 Å². The van der Waals surface area contributed by atoms with Crippen molar-refractivity contribution in [2.45, 2.75) is 0 Å². The lowest BCUT2D eigenvalue weighted by Gasteiger charge is -2.20. The summed E-state index contributed by atoms with van der Waals surface area (Å²) >= 11 is 0. The number of fused-ring (bicyclic) bond motifs is 5. The lowest BCUT2D eigenvalue weighted by atomic mass is 9.82. The van der Waals surface area contributed by atoms with Crippen LogP contribution in [0.25, 0.3) is 109 Å². The van der Waals surface area contributed by atoms with Crippen LogP contribution in [0.5, 0.6) is 0 Å². The zero-order chi connectivity index (χ0) is 35.5. The Labute approximate surface area is 288 Å². The Balaban J connectivity index is 1.35. The zero-order valence-electron chi connectivity index (χ0n) is 30.3. The Bertz CT molecular complexity index is 3310. The van der Waals surface area contributed by atoms with Gasteiger partial charge in [0.05, 0.1) is 5.48 Å². The first-order valence-corrected chi connectivity index (χ1v) is 16.6. The maximum absolute atomic E-state index is 9.58. The van der Waals surface area contributed by atoms with Gasteiger partial charge in [-0.3, -0.25) is 0 Å². The van der Waals surface area contributed by atoms with E-state index in [0.717, 1.165) is 82.3 Å². The van der Waals surface area contributed by atoms with Gasteiger partial charge in [-0.25, -0.2) is 0 Å². The second-order valence-corrected chi connectivity index (χ2v) is 12.8. The Kier molecular flexibility index (Phi) is 4.70. The molecule has 1 heterocycles. The van der Waals surface area contributed by atoms with Crippen LogP contribution in [0.4, 0.5) is 0 Å². The molecule has 0 radical (unpaired) electrons. The number of rotatable bonds is 3. The SMILES string of the molecule is [2H]c1c([2H])c([2H])c2c(-c3ccc(-c4ccccc4)c4oc5ccccc5c34)c3ccccc3c(-c3ccc4ccc5cccc6ccc3c4c56)c2c1[2H]. The summed E-state index contributed by atoms with van der Waals surface area (Å²) in [5, 5.41) is 11.6. The maximum Gasteiger partial charge on any atom is 0.143 e. The highest BCUT2D eigenvalue weighted by molar-refractivity contribution is 6.31. The summed E-state index contributed by atoms with van der Waals surface area (Å²) in [6, 6.07) is 49.3. The van der Waals surface area contributed by atoms with E-state index in [4.69, 9.17) is 7.16 Å². The molecule has 1 aromatic heterocycles. The van der Waals surface area contributed by atoms with Crippen LogP contribution in [0.3, 0.4) is 0 Å². The van der Waals surface area contributed by atoms with Gasteiger partial charge < -0.3 is 4.42 Å². The quantitative estimate of drug-likeness (QED) is 0.141. The molecule has 49 heavy (non-hydrogen) atoms. The first kappa shape index (κ1) is 23.0. The molecule has 0 fully saturated rings. The van der Waals surface area contributed by atoms with Crippen LogP contribution in [-0.4, -0.2) is 0 Å². The lowest BCUT2D eigenvalue weighted by Crippen LogP contribution is -1.93. The molecule has 10 aromatic carbocycles. The number of furan rings is 1. The molecule has 0 bridgehead atoms. The maximum atomic E-state index is 9.58. The number of hydrogen-bond acceptors (Lipinski definition) is 1. The van der Waals surface area contributed by atoms with Gasteiger partial charge in [-0.1, -0.05) is 158 Å². The largest absolute Gasteiger partial charge is 0.455 e. The summed E-state index contributed by atoms with van der Waals surface area (Å²) in [6.07, 6.45) is 0. The van der Waals surface area contributed by atoms with Crippen molar-refractivity contribution < 1.29 is 9.90 Å². The molecule has 0 atom stereocenters. The minimum Gasteiger partial charge on any atom is -0.455 e. The molecule has 1 nitrogen and oxygen atoms in total. The third kappa shape index (κ3) is 3.70. The lowest BCUT2D eigenvalue weighted by molar-refractivity contribution is 0.670. The Morgan fingerprint density at radius 3 is 1.69 bits per heavy atom. The molecule has 0 aliphatic heterocycles. The molecule has 226 valence electrons. The van der Waals surface area contributed by atoms with Crippen molar-refractivity contribution >= 4 is 75.8 Å². The van der Waals surface area contributed by atoms with Gasteiger partial charge >= 0.3 is 0 Å². The van der Waals surface area contributed by atoms with E-state index < -0.39 is 0 Å². The van der Waals surface area contributed by atoms with Gasteiger partial charge in [0.25, 0.3) is 0 Å². The molecule has 0 saturated heterocycles. The average molecular weight is 625 g/mol. The third-order valence-electron chi connectivity index (χ3n) is 10.3. The van der Waals surface area contributed by atoms with Crippen LogP contribution in [-0.2, 0) is 0 Å². The standard InChI is InChI=1S/C48H28O/c1-2-11-29(12-3-1)33-27-28-41(47-40-19-8-9-20-42(40)49-48(33)47)46-36-17-6-4-15-34(36)45(35-16-5-7-18-37(35)46)39-26-24-32-22-21-30-13-10-14-31-23-25-38(39)44(32)43(30)31/h1-28H/i4D,6D,15D,17D. The molecule has 0 N–H and O–H groups in total. The van der Waals surface area contributed by atoms with E-state index >= 15 is 0 Å². The summed E-state index contributed by atoms with van der Waals surface area (Å²) in [4.78, 5) is 0. The zero-order valence-corrected chi connectivity index (χ0v) is 26.3. The monoisotopic (exact) mass is 624 g/mol. The van der Waals surface area contributed by atoms with Gasteiger partial charge in [0.1, 0.15) is 11.2 Å². The van der Waals surface area contributed by atoms with E-state index in [1.54, 1.807) is 0 Å². The topological polar surface area (TPSA) is 13.1 Å². The van der Waals surface area contributed by atoms with E-state index in [9.17, 15) is 2.74 Å². The first-order chi connectivity index (χ1) is 26.0. The van der Waals surface area contributed by atoms with Gasteiger partial charge in [-0.15, -0.1) is 0 Å². The predicted molar refractivity (Wildman–Crippen MR) is 209 cm³/mol. The van der Waals surface area contributed by atoms with Crippen molar-refractivity contribution in [2.75, 3.05) is 0 Å². The molecule has 11 aromatic rings. The normalized spacial score (nSPS) is 13.2. The number of benzene rings is 10. The summed E-state index contributed by atoms with van der Waals surface area (Å²) in [5.41, 5.74) is 6.85. The molecule has 0 aliphatic carbocycles. The second kappa shape index (κ2) is 10.0. The van der Waals surface area contributed by atoms with Gasteiger partial charge in [0.15, 0.2) is 0 Å². The van der Waals surface area contributed by atoms with E-state index in [1.807, 2.05) is 48.5 Å². The Morgan fingerprint density at radius 2 is 0.939 bits per heavy atom. The molecular weight excluding hydrogens is 593 g/mol. The van der Waals surface area contributed by atoms with Gasteiger partial charge in [-0.05, 0) is 93.8 Å². The van der Waals surface area contributed by atoms with Crippen LogP contribution in [0, 0.1) is 0 Å². The Morgan fingerprint density at radius 1 is 0.367 bits per heavy atom. The molecule has 0 saturated carbocycles.